The van der Waals surface area contributed by atoms with Crippen molar-refractivity contribution >= 4 is 28.9 Å². The third kappa shape index (κ3) is 3.42. The zero-order valence-corrected chi connectivity index (χ0v) is 16.0. The average Bonchev–Trinajstić information content (AvgIpc) is 2.98. The van der Waals surface area contributed by atoms with Gasteiger partial charge < -0.3 is 9.88 Å². The number of aromatic nitrogens is 1. The van der Waals surface area contributed by atoms with Gasteiger partial charge in [0.1, 0.15) is 0 Å². The molecule has 130 valence electrons. The monoisotopic (exact) mass is 353 g/mol. The first-order chi connectivity index (χ1) is 11.7. The van der Waals surface area contributed by atoms with Gasteiger partial charge in [0.15, 0.2) is 5.17 Å². The SMILES string of the molecule is Cc1cc(/C=C2/SC(=N)NC2=O)c(C)n1-c1ccc(C(C)(C)C)cc1. The smallest absolute Gasteiger partial charge is 0.264 e. The topological polar surface area (TPSA) is 57.9 Å². The summed E-state index contributed by atoms with van der Waals surface area (Å²) >= 11 is 1.17. The van der Waals surface area contributed by atoms with E-state index in [1.165, 1.54) is 17.3 Å². The molecule has 1 aromatic carbocycles. The van der Waals surface area contributed by atoms with E-state index in [2.05, 4.69) is 74.8 Å². The van der Waals surface area contributed by atoms with Crippen molar-refractivity contribution < 1.29 is 4.79 Å². The Morgan fingerprint density at radius 3 is 2.32 bits per heavy atom. The number of hydrogen-bond donors (Lipinski definition) is 2. The maximum atomic E-state index is 11.8. The summed E-state index contributed by atoms with van der Waals surface area (Å²) in [6.45, 7) is 10.7. The van der Waals surface area contributed by atoms with E-state index in [0.717, 1.165) is 22.6 Å². The first kappa shape index (κ1) is 17.5. The maximum absolute atomic E-state index is 11.8. The second-order valence-electron chi connectivity index (χ2n) is 7.35. The summed E-state index contributed by atoms with van der Waals surface area (Å²) in [7, 11) is 0. The van der Waals surface area contributed by atoms with Gasteiger partial charge in [0, 0.05) is 17.1 Å². The van der Waals surface area contributed by atoms with E-state index in [4.69, 9.17) is 5.41 Å². The van der Waals surface area contributed by atoms with Gasteiger partial charge in [-0.2, -0.15) is 0 Å². The molecule has 1 fully saturated rings. The van der Waals surface area contributed by atoms with Crippen molar-refractivity contribution in [3.63, 3.8) is 0 Å². The zero-order valence-electron chi connectivity index (χ0n) is 15.2. The number of nitrogens with one attached hydrogen (secondary N) is 2. The van der Waals surface area contributed by atoms with Crippen LogP contribution in [0.1, 0.15) is 43.3 Å². The molecule has 5 heteroatoms. The summed E-state index contributed by atoms with van der Waals surface area (Å²) in [5.41, 5.74) is 5.76. The van der Waals surface area contributed by atoms with Gasteiger partial charge in [0.25, 0.3) is 5.91 Å². The minimum atomic E-state index is -0.200. The molecular formula is C20H23N3OS. The minimum Gasteiger partial charge on any atom is -0.318 e. The Kier molecular flexibility index (Phi) is 4.37. The summed E-state index contributed by atoms with van der Waals surface area (Å²) in [5, 5.41) is 10.3. The molecule has 2 aromatic rings. The van der Waals surface area contributed by atoms with Gasteiger partial charge in [0.2, 0.25) is 0 Å². The lowest BCUT2D eigenvalue weighted by molar-refractivity contribution is -0.115. The van der Waals surface area contributed by atoms with Crippen molar-refractivity contribution in [3.05, 3.63) is 57.8 Å². The molecule has 0 unspecified atom stereocenters. The lowest BCUT2D eigenvalue weighted by Crippen LogP contribution is -2.18. The van der Waals surface area contributed by atoms with E-state index in [0.29, 0.717) is 4.91 Å². The Hall–Kier alpha value is -2.27. The molecule has 25 heavy (non-hydrogen) atoms. The Labute approximate surface area is 152 Å². The molecule has 1 aliphatic heterocycles. The zero-order chi connectivity index (χ0) is 18.4. The predicted octanol–water partition coefficient (Wildman–Crippen LogP) is 4.53. The van der Waals surface area contributed by atoms with Crippen molar-refractivity contribution in [2.45, 2.75) is 40.0 Å². The Morgan fingerprint density at radius 2 is 1.80 bits per heavy atom. The van der Waals surface area contributed by atoms with Gasteiger partial charge in [-0.15, -0.1) is 0 Å². The van der Waals surface area contributed by atoms with Crippen molar-refractivity contribution in [2.75, 3.05) is 0 Å². The molecule has 1 aliphatic rings. The fourth-order valence-corrected chi connectivity index (χ4v) is 3.72. The van der Waals surface area contributed by atoms with Crippen LogP contribution in [-0.4, -0.2) is 15.6 Å². The number of amidine groups is 1. The predicted molar refractivity (Wildman–Crippen MR) is 105 cm³/mol. The largest absolute Gasteiger partial charge is 0.318 e. The number of amides is 1. The van der Waals surface area contributed by atoms with Crippen LogP contribution in [0.4, 0.5) is 0 Å². The number of thioether (sulfide) groups is 1. The van der Waals surface area contributed by atoms with Crippen LogP contribution in [0, 0.1) is 19.3 Å². The lowest BCUT2D eigenvalue weighted by Gasteiger charge is -2.20. The molecule has 0 radical (unpaired) electrons. The van der Waals surface area contributed by atoms with E-state index >= 15 is 0 Å². The Morgan fingerprint density at radius 1 is 1.16 bits per heavy atom. The number of benzene rings is 1. The second-order valence-corrected chi connectivity index (χ2v) is 8.40. The first-order valence-corrected chi connectivity index (χ1v) is 9.08. The maximum Gasteiger partial charge on any atom is 0.264 e. The van der Waals surface area contributed by atoms with Crippen LogP contribution < -0.4 is 5.32 Å². The molecule has 0 saturated carbocycles. The van der Waals surface area contributed by atoms with E-state index in [1.54, 1.807) is 0 Å². The van der Waals surface area contributed by atoms with Crippen molar-refractivity contribution in [1.82, 2.24) is 9.88 Å². The van der Waals surface area contributed by atoms with Gasteiger partial charge >= 0.3 is 0 Å². The highest BCUT2D eigenvalue weighted by atomic mass is 32.2. The summed E-state index contributed by atoms with van der Waals surface area (Å²) < 4.78 is 2.20. The number of carbonyl (C=O) groups excluding carboxylic acids is 1. The average molecular weight is 353 g/mol. The van der Waals surface area contributed by atoms with Crippen LogP contribution in [-0.2, 0) is 10.2 Å². The van der Waals surface area contributed by atoms with Gasteiger partial charge in [-0.25, -0.2) is 0 Å². The second kappa shape index (κ2) is 6.23. The molecule has 1 saturated heterocycles. The molecule has 0 spiro atoms. The molecule has 2 N–H and O–H groups in total. The molecular weight excluding hydrogens is 330 g/mol. The van der Waals surface area contributed by atoms with Gasteiger partial charge in [0.05, 0.1) is 4.91 Å². The first-order valence-electron chi connectivity index (χ1n) is 8.26. The highest BCUT2D eigenvalue weighted by molar-refractivity contribution is 8.18. The highest BCUT2D eigenvalue weighted by Crippen LogP contribution is 2.29. The summed E-state index contributed by atoms with van der Waals surface area (Å²) in [5.74, 6) is -0.200. The van der Waals surface area contributed by atoms with Crippen LogP contribution in [0.2, 0.25) is 0 Å². The molecule has 4 nitrogen and oxygen atoms in total. The third-order valence-corrected chi connectivity index (χ3v) is 5.24. The normalized spacial score (nSPS) is 16.6. The van der Waals surface area contributed by atoms with E-state index in [-0.39, 0.29) is 16.5 Å². The molecule has 2 heterocycles. The van der Waals surface area contributed by atoms with E-state index in [9.17, 15) is 4.79 Å². The molecule has 0 aliphatic carbocycles. The number of carbonyl (C=O) groups is 1. The van der Waals surface area contributed by atoms with Crippen LogP contribution in [0.5, 0.6) is 0 Å². The fraction of sp³-hybridized carbons (Fsp3) is 0.300. The van der Waals surface area contributed by atoms with Crippen molar-refractivity contribution in [3.8, 4) is 5.69 Å². The Bertz CT molecular complexity index is 883. The quantitative estimate of drug-likeness (QED) is 0.779. The molecule has 3 rings (SSSR count). The number of nitrogens with zero attached hydrogens (tertiary/aromatic N) is 1. The van der Waals surface area contributed by atoms with E-state index in [1.807, 2.05) is 6.08 Å². The van der Waals surface area contributed by atoms with Crippen molar-refractivity contribution in [2.24, 2.45) is 0 Å². The number of aryl methyl sites for hydroxylation is 1. The van der Waals surface area contributed by atoms with Crippen LogP contribution >= 0.6 is 11.8 Å². The van der Waals surface area contributed by atoms with Crippen LogP contribution in [0.25, 0.3) is 11.8 Å². The number of rotatable bonds is 2. The van der Waals surface area contributed by atoms with Crippen molar-refractivity contribution in [1.29, 1.82) is 5.41 Å². The fourth-order valence-electron chi connectivity index (χ4n) is 3.02. The Balaban J connectivity index is 1.99. The third-order valence-electron chi connectivity index (χ3n) is 4.41. The minimum absolute atomic E-state index is 0.131. The lowest BCUT2D eigenvalue weighted by atomic mass is 9.87. The molecule has 0 atom stereocenters. The summed E-state index contributed by atoms with van der Waals surface area (Å²) in [6, 6.07) is 10.7. The number of hydrogen-bond acceptors (Lipinski definition) is 3. The van der Waals surface area contributed by atoms with Crippen LogP contribution in [0.15, 0.2) is 35.2 Å². The summed E-state index contributed by atoms with van der Waals surface area (Å²) in [4.78, 5) is 12.4. The molecule has 0 bridgehead atoms. The standard InChI is InChI=1S/C20H23N3OS/c1-12-10-14(11-17-18(24)22-19(21)25-17)13(2)23(12)16-8-6-15(7-9-16)20(3,4)5/h6-11H,1-5H3,(H2,21,22,24)/b17-11+. The highest BCUT2D eigenvalue weighted by Gasteiger charge is 2.23. The van der Waals surface area contributed by atoms with Gasteiger partial charge in [-0.3, -0.25) is 10.2 Å². The molecule has 1 amide bonds. The molecule has 1 aromatic heterocycles. The van der Waals surface area contributed by atoms with Crippen LogP contribution in [0.3, 0.4) is 0 Å². The van der Waals surface area contributed by atoms with Gasteiger partial charge in [-0.1, -0.05) is 32.9 Å². The van der Waals surface area contributed by atoms with Gasteiger partial charge in [-0.05, 0) is 66.4 Å². The van der Waals surface area contributed by atoms with E-state index < -0.39 is 0 Å². The summed E-state index contributed by atoms with van der Waals surface area (Å²) in [6.07, 6.45) is 1.86.